The van der Waals surface area contributed by atoms with Crippen molar-refractivity contribution in [1.82, 2.24) is 15.3 Å². The number of nitrogens with zero attached hydrogens (tertiary/aromatic N) is 2. The Bertz CT molecular complexity index is 594. The number of aromatic nitrogens is 2. The summed E-state index contributed by atoms with van der Waals surface area (Å²) in [6, 6.07) is 0. The first kappa shape index (κ1) is 13.7. The number of carbonyl (C=O) groups excluding carboxylic acids is 1. The van der Waals surface area contributed by atoms with Crippen LogP contribution in [0.3, 0.4) is 0 Å². The van der Waals surface area contributed by atoms with Crippen LogP contribution >= 0.6 is 11.3 Å². The predicted molar refractivity (Wildman–Crippen MR) is 78.7 cm³/mol. The number of nitrogens with one attached hydrogen (secondary N) is 2. The highest BCUT2D eigenvalue weighted by Crippen LogP contribution is 2.32. The van der Waals surface area contributed by atoms with E-state index in [1.807, 2.05) is 6.92 Å². The predicted octanol–water partition coefficient (Wildman–Crippen LogP) is 2.25. The number of rotatable bonds is 5. The molecule has 0 atom stereocenters. The fraction of sp³-hybridized carbons (Fsp3) is 0.462. The Hall–Kier alpha value is -1.69. The normalized spacial score (nSPS) is 10.7. The summed E-state index contributed by atoms with van der Waals surface area (Å²) in [7, 11) is 0. The van der Waals surface area contributed by atoms with Gasteiger partial charge in [0.1, 0.15) is 17.0 Å². The van der Waals surface area contributed by atoms with Gasteiger partial charge in [-0.3, -0.25) is 4.79 Å². The zero-order valence-corrected chi connectivity index (χ0v) is 12.2. The molecule has 0 aliphatic rings. The number of hydrogen-bond acceptors (Lipinski definition) is 5. The van der Waals surface area contributed by atoms with Gasteiger partial charge in [0.25, 0.3) is 0 Å². The van der Waals surface area contributed by atoms with E-state index >= 15 is 0 Å². The van der Waals surface area contributed by atoms with E-state index in [0.717, 1.165) is 22.5 Å². The van der Waals surface area contributed by atoms with Gasteiger partial charge in [-0.1, -0.05) is 6.92 Å². The first-order chi connectivity index (χ1) is 9.13. The third-order valence-corrected chi connectivity index (χ3v) is 4.07. The summed E-state index contributed by atoms with van der Waals surface area (Å²) in [5, 5.41) is 6.94. The van der Waals surface area contributed by atoms with Crippen LogP contribution in [0.4, 0.5) is 5.82 Å². The minimum Gasteiger partial charge on any atom is -0.360 e. The van der Waals surface area contributed by atoms with Crippen molar-refractivity contribution in [3.8, 4) is 0 Å². The van der Waals surface area contributed by atoms with Gasteiger partial charge in [-0.05, 0) is 25.8 Å². The van der Waals surface area contributed by atoms with Crippen LogP contribution in [-0.2, 0) is 4.79 Å². The summed E-state index contributed by atoms with van der Waals surface area (Å²) in [4.78, 5) is 22.3. The molecule has 2 rings (SSSR count). The molecule has 0 aliphatic heterocycles. The third kappa shape index (κ3) is 3.01. The molecule has 2 aromatic heterocycles. The molecule has 0 unspecified atom stereocenters. The number of carbonyl (C=O) groups is 1. The van der Waals surface area contributed by atoms with E-state index in [9.17, 15) is 4.79 Å². The zero-order chi connectivity index (χ0) is 13.8. The molecule has 5 nitrogen and oxygen atoms in total. The summed E-state index contributed by atoms with van der Waals surface area (Å²) in [6.07, 6.45) is 2.47. The second-order valence-electron chi connectivity index (χ2n) is 4.39. The maximum atomic E-state index is 11.6. The van der Waals surface area contributed by atoms with Crippen LogP contribution in [0, 0.1) is 13.8 Å². The number of aryl methyl sites for hydroxylation is 2. The minimum atomic E-state index is -0.0155. The lowest BCUT2D eigenvalue weighted by Gasteiger charge is -2.07. The first-order valence-corrected chi connectivity index (χ1v) is 7.16. The molecular formula is C13H18N4OS. The lowest BCUT2D eigenvalue weighted by atomic mass is 10.2. The molecule has 0 aliphatic carbocycles. The Morgan fingerprint density at radius 2 is 2.16 bits per heavy atom. The van der Waals surface area contributed by atoms with E-state index in [1.165, 1.54) is 16.8 Å². The van der Waals surface area contributed by atoms with Crippen LogP contribution in [0.1, 0.15) is 23.8 Å². The second-order valence-corrected chi connectivity index (χ2v) is 5.59. The summed E-state index contributed by atoms with van der Waals surface area (Å²) >= 11 is 1.65. The number of amides is 1. The van der Waals surface area contributed by atoms with Crippen LogP contribution in [0.15, 0.2) is 6.33 Å². The largest absolute Gasteiger partial charge is 0.360 e. The van der Waals surface area contributed by atoms with Gasteiger partial charge in [0.05, 0.1) is 11.9 Å². The van der Waals surface area contributed by atoms with Gasteiger partial charge < -0.3 is 10.6 Å². The molecule has 1 amide bonds. The van der Waals surface area contributed by atoms with Gasteiger partial charge in [-0.25, -0.2) is 9.97 Å². The van der Waals surface area contributed by atoms with Gasteiger partial charge in [-0.15, -0.1) is 11.3 Å². The van der Waals surface area contributed by atoms with E-state index in [1.54, 1.807) is 11.3 Å². The smallest absolute Gasteiger partial charge is 0.239 e. The van der Waals surface area contributed by atoms with Gasteiger partial charge in [-0.2, -0.15) is 0 Å². The average molecular weight is 278 g/mol. The number of fused-ring (bicyclic) bond motifs is 1. The third-order valence-electron chi connectivity index (χ3n) is 2.95. The van der Waals surface area contributed by atoms with Crippen LogP contribution in [0.5, 0.6) is 0 Å². The molecule has 0 radical (unpaired) electrons. The molecule has 2 heterocycles. The van der Waals surface area contributed by atoms with E-state index in [0.29, 0.717) is 6.54 Å². The summed E-state index contributed by atoms with van der Waals surface area (Å²) < 4.78 is 0. The van der Waals surface area contributed by atoms with Crippen molar-refractivity contribution in [2.75, 3.05) is 18.4 Å². The second kappa shape index (κ2) is 5.97. The molecule has 2 aromatic rings. The topological polar surface area (TPSA) is 66.9 Å². The van der Waals surface area contributed by atoms with Gasteiger partial charge >= 0.3 is 0 Å². The Labute approximate surface area is 116 Å². The van der Waals surface area contributed by atoms with Crippen molar-refractivity contribution < 1.29 is 4.79 Å². The fourth-order valence-electron chi connectivity index (χ4n) is 1.81. The van der Waals surface area contributed by atoms with Crippen molar-refractivity contribution in [2.45, 2.75) is 27.2 Å². The molecule has 102 valence electrons. The van der Waals surface area contributed by atoms with E-state index in [4.69, 9.17) is 0 Å². The summed E-state index contributed by atoms with van der Waals surface area (Å²) in [5.41, 5.74) is 1.18. The minimum absolute atomic E-state index is 0.0155. The Morgan fingerprint density at radius 3 is 2.89 bits per heavy atom. The highest BCUT2D eigenvalue weighted by Gasteiger charge is 2.12. The van der Waals surface area contributed by atoms with Crippen molar-refractivity contribution in [3.63, 3.8) is 0 Å². The zero-order valence-electron chi connectivity index (χ0n) is 11.4. The fourth-order valence-corrected chi connectivity index (χ4v) is 2.80. The van der Waals surface area contributed by atoms with Gasteiger partial charge in [0.2, 0.25) is 5.91 Å². The van der Waals surface area contributed by atoms with E-state index in [2.05, 4.69) is 34.4 Å². The molecular weight excluding hydrogens is 260 g/mol. The van der Waals surface area contributed by atoms with Crippen molar-refractivity contribution >= 4 is 33.3 Å². The van der Waals surface area contributed by atoms with E-state index in [-0.39, 0.29) is 12.5 Å². The molecule has 0 aromatic carbocycles. The summed E-state index contributed by atoms with van der Waals surface area (Å²) in [6.45, 7) is 7.09. The number of hydrogen-bond donors (Lipinski definition) is 2. The molecule has 6 heteroatoms. The number of anilines is 1. The Morgan fingerprint density at radius 1 is 1.37 bits per heavy atom. The monoisotopic (exact) mass is 278 g/mol. The number of thiophene rings is 1. The maximum absolute atomic E-state index is 11.6. The highest BCUT2D eigenvalue weighted by atomic mass is 32.1. The van der Waals surface area contributed by atoms with Crippen LogP contribution in [0.2, 0.25) is 0 Å². The van der Waals surface area contributed by atoms with E-state index < -0.39 is 0 Å². The standard InChI is InChI=1S/C13H18N4OS/c1-4-5-14-10(18)6-15-12-11-8(2)9(3)19-13(11)17-7-16-12/h7H,4-6H2,1-3H3,(H,14,18)(H,15,16,17). The van der Waals surface area contributed by atoms with Gasteiger partial charge in [0, 0.05) is 11.4 Å². The van der Waals surface area contributed by atoms with Crippen LogP contribution < -0.4 is 10.6 Å². The Balaban J connectivity index is 2.14. The molecule has 0 saturated carbocycles. The molecule has 0 spiro atoms. The molecule has 0 bridgehead atoms. The van der Waals surface area contributed by atoms with Crippen LogP contribution in [0.25, 0.3) is 10.2 Å². The molecule has 0 fully saturated rings. The lowest BCUT2D eigenvalue weighted by Crippen LogP contribution is -2.30. The maximum Gasteiger partial charge on any atom is 0.239 e. The molecule has 0 saturated heterocycles. The van der Waals surface area contributed by atoms with Gasteiger partial charge in [0.15, 0.2) is 0 Å². The van der Waals surface area contributed by atoms with Crippen LogP contribution in [-0.4, -0.2) is 29.0 Å². The summed E-state index contributed by atoms with van der Waals surface area (Å²) in [5.74, 6) is 0.719. The van der Waals surface area contributed by atoms with Crippen molar-refractivity contribution in [3.05, 3.63) is 16.8 Å². The lowest BCUT2D eigenvalue weighted by molar-refractivity contribution is -0.119. The van der Waals surface area contributed by atoms with Crippen molar-refractivity contribution in [2.24, 2.45) is 0 Å². The highest BCUT2D eigenvalue weighted by molar-refractivity contribution is 7.18. The Kier molecular flexibility index (Phi) is 4.31. The molecule has 2 N–H and O–H groups in total. The average Bonchev–Trinajstić information content (AvgIpc) is 2.70. The first-order valence-electron chi connectivity index (χ1n) is 6.34. The van der Waals surface area contributed by atoms with Crippen molar-refractivity contribution in [1.29, 1.82) is 0 Å². The quantitative estimate of drug-likeness (QED) is 0.880. The molecule has 19 heavy (non-hydrogen) atoms. The SMILES string of the molecule is CCCNC(=O)CNc1ncnc2sc(C)c(C)c12.